The zero-order valence-electron chi connectivity index (χ0n) is 13.2. The molecule has 1 N–H and O–H groups in total. The molecule has 0 bridgehead atoms. The molecule has 0 unspecified atom stereocenters. The number of nitrogens with one attached hydrogen (secondary N) is 1. The molecule has 0 aliphatic heterocycles. The first kappa shape index (κ1) is 18.6. The van der Waals surface area contributed by atoms with Gasteiger partial charge in [0.2, 0.25) is 5.91 Å². The molecular weight excluding hydrogens is 375 g/mol. The molecule has 0 saturated heterocycles. The molecule has 0 radical (unpaired) electrons. The fourth-order valence-corrected chi connectivity index (χ4v) is 3.00. The normalized spacial score (nSPS) is 10.4. The highest BCUT2D eigenvalue weighted by molar-refractivity contribution is 6.35. The van der Waals surface area contributed by atoms with Crippen LogP contribution in [0.2, 0.25) is 15.2 Å². The first-order valence-electron chi connectivity index (χ1n) is 6.88. The van der Waals surface area contributed by atoms with Crippen molar-refractivity contribution in [2.24, 2.45) is 0 Å². The van der Waals surface area contributed by atoms with E-state index in [0.717, 1.165) is 0 Å². The lowest BCUT2D eigenvalue weighted by atomic mass is 10.1. The summed E-state index contributed by atoms with van der Waals surface area (Å²) in [5.74, 6) is 0.535. The second kappa shape index (κ2) is 7.92. The van der Waals surface area contributed by atoms with E-state index in [9.17, 15) is 4.79 Å². The topological polar surface area (TPSA) is 60.5 Å². The predicted octanol–water partition coefficient (Wildman–Crippen LogP) is 4.55. The number of aromatic nitrogens is 1. The van der Waals surface area contributed by atoms with E-state index in [4.69, 9.17) is 44.3 Å². The van der Waals surface area contributed by atoms with Gasteiger partial charge in [-0.25, -0.2) is 4.98 Å². The third kappa shape index (κ3) is 4.23. The Morgan fingerprint density at radius 2 is 1.75 bits per heavy atom. The van der Waals surface area contributed by atoms with Crippen LogP contribution in [0.25, 0.3) is 0 Å². The lowest BCUT2D eigenvalue weighted by Crippen LogP contribution is -2.16. The van der Waals surface area contributed by atoms with Gasteiger partial charge in [-0.05, 0) is 19.1 Å². The molecule has 0 aliphatic rings. The molecule has 0 spiro atoms. The van der Waals surface area contributed by atoms with E-state index in [1.54, 1.807) is 25.1 Å². The smallest absolute Gasteiger partial charge is 0.229 e. The quantitative estimate of drug-likeness (QED) is 0.762. The summed E-state index contributed by atoms with van der Waals surface area (Å²) >= 11 is 18.3. The number of hydrogen-bond donors (Lipinski definition) is 1. The van der Waals surface area contributed by atoms with E-state index in [2.05, 4.69) is 10.3 Å². The Balaban J connectivity index is 2.23. The van der Waals surface area contributed by atoms with Crippen LogP contribution in [0.1, 0.15) is 11.3 Å². The molecule has 0 aliphatic carbocycles. The summed E-state index contributed by atoms with van der Waals surface area (Å²) in [5, 5.41) is 3.67. The fraction of sp³-hybridized carbons (Fsp3) is 0.250. The average Bonchev–Trinajstić information content (AvgIpc) is 2.51. The van der Waals surface area contributed by atoms with Crippen molar-refractivity contribution in [1.29, 1.82) is 0 Å². The van der Waals surface area contributed by atoms with Crippen molar-refractivity contribution in [3.8, 4) is 11.5 Å². The number of benzene rings is 1. The van der Waals surface area contributed by atoms with Crippen molar-refractivity contribution in [2.75, 3.05) is 19.5 Å². The van der Waals surface area contributed by atoms with Crippen LogP contribution in [0, 0.1) is 6.92 Å². The van der Waals surface area contributed by atoms with Crippen molar-refractivity contribution in [3.63, 3.8) is 0 Å². The summed E-state index contributed by atoms with van der Waals surface area (Å²) in [6.07, 6.45) is -0.0300. The molecule has 2 rings (SSSR count). The molecule has 128 valence electrons. The van der Waals surface area contributed by atoms with E-state index in [1.165, 1.54) is 14.2 Å². The maximum atomic E-state index is 12.3. The number of nitrogens with zero attached hydrogens (tertiary/aromatic N) is 1. The van der Waals surface area contributed by atoms with Crippen LogP contribution < -0.4 is 14.8 Å². The van der Waals surface area contributed by atoms with E-state index >= 15 is 0 Å². The van der Waals surface area contributed by atoms with Gasteiger partial charge in [0.1, 0.15) is 16.7 Å². The molecular formula is C16H15Cl3N2O3. The van der Waals surface area contributed by atoms with Gasteiger partial charge in [-0.1, -0.05) is 34.8 Å². The Bertz CT molecular complexity index is 758. The van der Waals surface area contributed by atoms with E-state index in [-0.39, 0.29) is 17.5 Å². The van der Waals surface area contributed by atoms with Crippen molar-refractivity contribution < 1.29 is 14.3 Å². The predicted molar refractivity (Wildman–Crippen MR) is 95.9 cm³/mol. The van der Waals surface area contributed by atoms with Crippen molar-refractivity contribution in [1.82, 2.24) is 4.98 Å². The largest absolute Gasteiger partial charge is 0.495 e. The van der Waals surface area contributed by atoms with Crippen LogP contribution >= 0.6 is 34.8 Å². The molecule has 1 aromatic heterocycles. The molecule has 0 fully saturated rings. The van der Waals surface area contributed by atoms with Gasteiger partial charge in [0.15, 0.2) is 0 Å². The van der Waals surface area contributed by atoms with Crippen LogP contribution in [0.5, 0.6) is 11.5 Å². The van der Waals surface area contributed by atoms with Gasteiger partial charge >= 0.3 is 0 Å². The van der Waals surface area contributed by atoms with Crippen molar-refractivity contribution in [2.45, 2.75) is 13.3 Å². The molecule has 8 heteroatoms. The van der Waals surface area contributed by atoms with E-state index in [1.807, 2.05) is 0 Å². The van der Waals surface area contributed by atoms with Gasteiger partial charge in [0, 0.05) is 22.3 Å². The first-order valence-corrected chi connectivity index (χ1v) is 8.02. The Kier molecular flexibility index (Phi) is 6.15. The Morgan fingerprint density at radius 3 is 2.33 bits per heavy atom. The highest BCUT2D eigenvalue weighted by Crippen LogP contribution is 2.36. The summed E-state index contributed by atoms with van der Waals surface area (Å²) < 4.78 is 10.4. The van der Waals surface area contributed by atoms with Gasteiger partial charge in [-0.2, -0.15) is 0 Å². The molecule has 2 aromatic rings. The standard InChI is InChI=1S/C16H15Cl3N2O3/c1-8-4-10(17)9(16(19)20-8)5-15(22)21-12-6-11(18)13(23-2)7-14(12)24-3/h4,6-7H,5H2,1-3H3,(H,21,22). The summed E-state index contributed by atoms with van der Waals surface area (Å²) in [6.45, 7) is 1.77. The minimum absolute atomic E-state index is 0.0300. The maximum Gasteiger partial charge on any atom is 0.229 e. The van der Waals surface area contributed by atoms with Crippen molar-refractivity contribution in [3.05, 3.63) is 44.7 Å². The molecule has 5 nitrogen and oxygen atoms in total. The number of amides is 1. The highest BCUT2D eigenvalue weighted by atomic mass is 35.5. The molecule has 24 heavy (non-hydrogen) atoms. The molecule has 1 aromatic carbocycles. The lowest BCUT2D eigenvalue weighted by molar-refractivity contribution is -0.115. The number of carbonyl (C=O) groups is 1. The van der Waals surface area contributed by atoms with Crippen molar-refractivity contribution >= 4 is 46.4 Å². The SMILES string of the molecule is COc1cc(OC)c(NC(=O)Cc2c(Cl)cc(C)nc2Cl)cc1Cl. The summed E-state index contributed by atoms with van der Waals surface area (Å²) in [5.41, 5.74) is 1.55. The number of aryl methyl sites for hydroxylation is 1. The zero-order valence-corrected chi connectivity index (χ0v) is 15.5. The molecule has 0 saturated carbocycles. The maximum absolute atomic E-state index is 12.3. The third-order valence-corrected chi connectivity index (χ3v) is 4.18. The number of pyridine rings is 1. The van der Waals surface area contributed by atoms with Crippen LogP contribution in [-0.2, 0) is 11.2 Å². The minimum Gasteiger partial charge on any atom is -0.495 e. The van der Waals surface area contributed by atoms with Gasteiger partial charge in [0.05, 0.1) is 31.4 Å². The molecule has 1 heterocycles. The van der Waals surface area contributed by atoms with Crippen LogP contribution in [0.15, 0.2) is 18.2 Å². The van der Waals surface area contributed by atoms with Gasteiger partial charge < -0.3 is 14.8 Å². The highest BCUT2D eigenvalue weighted by Gasteiger charge is 2.16. The lowest BCUT2D eigenvalue weighted by Gasteiger charge is -2.13. The number of carbonyl (C=O) groups excluding carboxylic acids is 1. The number of halogens is 3. The van der Waals surface area contributed by atoms with Gasteiger partial charge in [-0.15, -0.1) is 0 Å². The molecule has 0 atom stereocenters. The van der Waals surface area contributed by atoms with E-state index in [0.29, 0.717) is 38.5 Å². The number of anilines is 1. The Labute approximate surface area is 154 Å². The average molecular weight is 390 g/mol. The summed E-state index contributed by atoms with van der Waals surface area (Å²) in [6, 6.07) is 4.79. The second-order valence-corrected chi connectivity index (χ2v) is 6.10. The number of methoxy groups -OCH3 is 2. The monoisotopic (exact) mass is 388 g/mol. The summed E-state index contributed by atoms with van der Waals surface area (Å²) in [7, 11) is 2.98. The Hall–Kier alpha value is -1.69. The number of hydrogen-bond acceptors (Lipinski definition) is 4. The number of rotatable bonds is 5. The first-order chi connectivity index (χ1) is 11.3. The molecule has 1 amide bonds. The van der Waals surface area contributed by atoms with Gasteiger partial charge in [-0.3, -0.25) is 4.79 Å². The third-order valence-electron chi connectivity index (χ3n) is 3.23. The van der Waals surface area contributed by atoms with E-state index < -0.39 is 0 Å². The second-order valence-electron chi connectivity index (χ2n) is 4.93. The van der Waals surface area contributed by atoms with Crippen LogP contribution in [0.3, 0.4) is 0 Å². The summed E-state index contributed by atoms with van der Waals surface area (Å²) in [4.78, 5) is 16.4. The Morgan fingerprint density at radius 1 is 1.08 bits per heavy atom. The fourth-order valence-electron chi connectivity index (χ4n) is 2.09. The van der Waals surface area contributed by atoms with Crippen LogP contribution in [0.4, 0.5) is 5.69 Å². The van der Waals surface area contributed by atoms with Crippen LogP contribution in [-0.4, -0.2) is 25.1 Å². The minimum atomic E-state index is -0.330. The number of ether oxygens (including phenoxy) is 2. The zero-order chi connectivity index (χ0) is 17.9. The van der Waals surface area contributed by atoms with Gasteiger partial charge in [0.25, 0.3) is 0 Å².